The van der Waals surface area contributed by atoms with Gasteiger partial charge in [0, 0.05) is 31.4 Å². The lowest BCUT2D eigenvalue weighted by Crippen LogP contribution is -2.42. The van der Waals surface area contributed by atoms with Crippen molar-refractivity contribution in [3.63, 3.8) is 0 Å². The van der Waals surface area contributed by atoms with E-state index < -0.39 is 5.60 Å². The van der Waals surface area contributed by atoms with Gasteiger partial charge in [-0.3, -0.25) is 4.79 Å². The van der Waals surface area contributed by atoms with E-state index in [1.165, 1.54) is 6.26 Å². The minimum atomic E-state index is -0.458. The molecule has 0 spiro atoms. The van der Waals surface area contributed by atoms with Gasteiger partial charge in [0.15, 0.2) is 5.76 Å². The average Bonchev–Trinajstić information content (AvgIpc) is 3.27. The molecular weight excluding hydrogens is 406 g/mol. The lowest BCUT2D eigenvalue weighted by molar-refractivity contribution is 0.0178. The topological polar surface area (TPSA) is 83.8 Å². The van der Waals surface area contributed by atoms with Gasteiger partial charge in [-0.15, -0.1) is 0 Å². The normalized spacial score (nSPS) is 15.9. The minimum absolute atomic E-state index is 0.213. The molecule has 0 aliphatic carbocycles. The quantitative estimate of drug-likeness (QED) is 0.628. The van der Waals surface area contributed by atoms with Gasteiger partial charge in [-0.25, -0.2) is 4.79 Å². The van der Waals surface area contributed by atoms with Crippen LogP contribution >= 0.6 is 0 Å². The third-order valence-electron chi connectivity index (χ3n) is 5.60. The number of nitrogens with zero attached hydrogens (tertiary/aromatic N) is 1. The highest BCUT2D eigenvalue weighted by atomic mass is 16.6. The molecule has 1 aromatic carbocycles. The van der Waals surface area contributed by atoms with E-state index in [9.17, 15) is 9.59 Å². The Balaban J connectivity index is 1.44. The Morgan fingerprint density at radius 2 is 1.88 bits per heavy atom. The first kappa shape index (κ1) is 23.9. The number of ether oxygens (including phenoxy) is 1. The second kappa shape index (κ2) is 10.7. The Bertz CT molecular complexity index is 881. The van der Waals surface area contributed by atoms with Crippen LogP contribution in [0.15, 0.2) is 47.1 Å². The van der Waals surface area contributed by atoms with Crippen molar-refractivity contribution in [1.82, 2.24) is 10.2 Å². The van der Waals surface area contributed by atoms with E-state index in [2.05, 4.69) is 17.6 Å². The molecule has 0 radical (unpaired) electrons. The number of carbonyl (C=O) groups is 2. The maximum absolute atomic E-state index is 12.3. The van der Waals surface area contributed by atoms with Crippen LogP contribution in [0, 0.1) is 5.92 Å². The van der Waals surface area contributed by atoms with Gasteiger partial charge < -0.3 is 24.7 Å². The number of nitrogens with one attached hydrogen (secondary N) is 2. The molecule has 7 heteroatoms. The molecule has 0 saturated carbocycles. The lowest BCUT2D eigenvalue weighted by atomic mass is 9.90. The molecule has 3 rings (SSSR count). The number of rotatable bonds is 7. The van der Waals surface area contributed by atoms with Gasteiger partial charge in [0.1, 0.15) is 5.60 Å². The zero-order chi connectivity index (χ0) is 23.1. The number of hydrogen-bond acceptors (Lipinski definition) is 5. The van der Waals surface area contributed by atoms with Crippen molar-refractivity contribution >= 4 is 17.7 Å². The summed E-state index contributed by atoms with van der Waals surface area (Å²) in [4.78, 5) is 26.4. The number of carbonyl (C=O) groups excluding carboxylic acids is 2. The van der Waals surface area contributed by atoms with Gasteiger partial charge in [-0.1, -0.05) is 18.2 Å². The molecule has 0 bridgehead atoms. The second-order valence-corrected chi connectivity index (χ2v) is 9.52. The van der Waals surface area contributed by atoms with Crippen molar-refractivity contribution in [2.24, 2.45) is 5.92 Å². The average molecular weight is 442 g/mol. The molecule has 1 saturated heterocycles. The molecular formula is C25H35N3O4. The third-order valence-corrected chi connectivity index (χ3v) is 5.60. The van der Waals surface area contributed by atoms with Gasteiger partial charge in [0.25, 0.3) is 5.91 Å². The lowest BCUT2D eigenvalue weighted by Gasteiger charge is -2.34. The summed E-state index contributed by atoms with van der Waals surface area (Å²) in [5, 5.41) is 6.51. The summed E-state index contributed by atoms with van der Waals surface area (Å²) in [7, 11) is 0. The Hall–Kier alpha value is -2.80. The van der Waals surface area contributed by atoms with Crippen molar-refractivity contribution in [1.29, 1.82) is 0 Å². The first-order valence-corrected chi connectivity index (χ1v) is 11.4. The SMILES string of the molecule is CC(CC1CCN(C(=O)OC(C)(C)C)CC1)NCc1ccccc1NC(=O)c1ccco1. The van der Waals surface area contributed by atoms with Crippen LogP contribution in [0.2, 0.25) is 0 Å². The monoisotopic (exact) mass is 441 g/mol. The summed E-state index contributed by atoms with van der Waals surface area (Å²) in [6.07, 6.45) is 4.29. The highest BCUT2D eigenvalue weighted by molar-refractivity contribution is 6.02. The predicted molar refractivity (Wildman–Crippen MR) is 125 cm³/mol. The van der Waals surface area contributed by atoms with E-state index in [1.54, 1.807) is 12.1 Å². The summed E-state index contributed by atoms with van der Waals surface area (Å²) in [6, 6.07) is 11.4. The first-order valence-electron chi connectivity index (χ1n) is 11.4. The van der Waals surface area contributed by atoms with Crippen molar-refractivity contribution in [3.05, 3.63) is 54.0 Å². The fourth-order valence-corrected chi connectivity index (χ4v) is 3.93. The molecule has 1 unspecified atom stereocenters. The summed E-state index contributed by atoms with van der Waals surface area (Å²) in [5.41, 5.74) is 1.35. The van der Waals surface area contributed by atoms with Crippen LogP contribution in [0.25, 0.3) is 0 Å². The molecule has 2 amide bonds. The maximum Gasteiger partial charge on any atom is 0.410 e. The van der Waals surface area contributed by atoms with E-state index in [-0.39, 0.29) is 12.0 Å². The number of anilines is 1. The Labute approximate surface area is 190 Å². The smallest absolute Gasteiger partial charge is 0.410 e. The zero-order valence-corrected chi connectivity index (χ0v) is 19.5. The number of piperidine rings is 1. The largest absolute Gasteiger partial charge is 0.459 e. The standard InChI is InChI=1S/C25H35N3O4/c1-18(16-19-11-13-28(14-12-19)24(30)32-25(2,3)4)26-17-20-8-5-6-9-21(20)27-23(29)22-10-7-15-31-22/h5-10,15,18-19,26H,11-14,16-17H2,1-4H3,(H,27,29). The predicted octanol–water partition coefficient (Wildman–Crippen LogP) is 5.05. The van der Waals surface area contributed by atoms with Gasteiger partial charge in [-0.2, -0.15) is 0 Å². The maximum atomic E-state index is 12.3. The Morgan fingerprint density at radius 3 is 2.53 bits per heavy atom. The van der Waals surface area contributed by atoms with E-state index in [0.29, 0.717) is 24.3 Å². The third kappa shape index (κ3) is 7.12. The summed E-state index contributed by atoms with van der Waals surface area (Å²) in [5.74, 6) is 0.608. The summed E-state index contributed by atoms with van der Waals surface area (Å²) < 4.78 is 10.7. The van der Waals surface area contributed by atoms with Crippen molar-refractivity contribution in [2.75, 3.05) is 18.4 Å². The van der Waals surface area contributed by atoms with E-state index in [4.69, 9.17) is 9.15 Å². The van der Waals surface area contributed by atoms with Crippen LogP contribution in [0.4, 0.5) is 10.5 Å². The number of likely N-dealkylation sites (tertiary alicyclic amines) is 1. The Morgan fingerprint density at radius 1 is 1.16 bits per heavy atom. The number of para-hydroxylation sites is 1. The second-order valence-electron chi connectivity index (χ2n) is 9.52. The highest BCUT2D eigenvalue weighted by Crippen LogP contribution is 2.24. The number of amides is 2. The van der Waals surface area contributed by atoms with Gasteiger partial charge in [0.05, 0.1) is 6.26 Å². The van der Waals surface area contributed by atoms with Crippen molar-refractivity contribution in [3.8, 4) is 0 Å². The number of benzene rings is 1. The van der Waals surface area contributed by atoms with Gasteiger partial charge >= 0.3 is 6.09 Å². The molecule has 2 aromatic rings. The molecule has 174 valence electrons. The van der Waals surface area contributed by atoms with Crippen LogP contribution < -0.4 is 10.6 Å². The van der Waals surface area contributed by atoms with Crippen molar-refractivity contribution < 1.29 is 18.7 Å². The molecule has 7 nitrogen and oxygen atoms in total. The molecule has 1 atom stereocenters. The van der Waals surface area contributed by atoms with Crippen LogP contribution in [0.5, 0.6) is 0 Å². The molecule has 1 aromatic heterocycles. The van der Waals surface area contributed by atoms with Crippen LogP contribution in [-0.2, 0) is 11.3 Å². The van der Waals surface area contributed by atoms with Gasteiger partial charge in [0.2, 0.25) is 0 Å². The van der Waals surface area contributed by atoms with E-state index >= 15 is 0 Å². The fraction of sp³-hybridized carbons (Fsp3) is 0.520. The molecule has 1 aliphatic rings. The fourth-order valence-electron chi connectivity index (χ4n) is 3.93. The van der Waals surface area contributed by atoms with Crippen LogP contribution in [0.3, 0.4) is 0 Å². The zero-order valence-electron chi connectivity index (χ0n) is 19.5. The molecule has 2 heterocycles. The molecule has 2 N–H and O–H groups in total. The van der Waals surface area contributed by atoms with Crippen LogP contribution in [-0.4, -0.2) is 41.6 Å². The Kier molecular flexibility index (Phi) is 7.96. The van der Waals surface area contributed by atoms with Crippen LogP contribution in [0.1, 0.15) is 63.1 Å². The van der Waals surface area contributed by atoms with Gasteiger partial charge in [-0.05, 0) is 76.6 Å². The van der Waals surface area contributed by atoms with E-state index in [1.807, 2.05) is 49.9 Å². The minimum Gasteiger partial charge on any atom is -0.459 e. The van der Waals surface area contributed by atoms with Crippen molar-refractivity contribution in [2.45, 2.75) is 65.1 Å². The highest BCUT2D eigenvalue weighted by Gasteiger charge is 2.27. The summed E-state index contributed by atoms with van der Waals surface area (Å²) >= 11 is 0. The first-order chi connectivity index (χ1) is 15.2. The molecule has 32 heavy (non-hydrogen) atoms. The number of hydrogen-bond donors (Lipinski definition) is 2. The summed E-state index contributed by atoms with van der Waals surface area (Å²) in [6.45, 7) is 10.0. The number of furan rings is 1. The van der Waals surface area contributed by atoms with E-state index in [0.717, 1.165) is 43.6 Å². The molecule has 1 fully saturated rings. The molecule has 1 aliphatic heterocycles.